The number of aliphatic imine (C=N–C) groups is 1. The molecule has 0 bridgehead atoms. The number of hydrogen-bond donors (Lipinski definition) is 2. The molecule has 2 rings (SSSR count). The van der Waals surface area contributed by atoms with Gasteiger partial charge in [-0.05, 0) is 39.0 Å². The molecule has 0 amide bonds. The van der Waals surface area contributed by atoms with Gasteiger partial charge in [0.05, 0.1) is 14.2 Å². The van der Waals surface area contributed by atoms with Crippen LogP contribution in [-0.2, 0) is 13.1 Å². The zero-order chi connectivity index (χ0) is 20.6. The highest BCUT2D eigenvalue weighted by molar-refractivity contribution is 5.79. The van der Waals surface area contributed by atoms with Crippen LogP contribution >= 0.6 is 0 Å². The third-order valence-corrected chi connectivity index (χ3v) is 4.00. The highest BCUT2D eigenvalue weighted by atomic mass is 16.5. The normalized spacial score (nSPS) is 11.7. The molecule has 0 spiro atoms. The number of hydrogen-bond acceptors (Lipinski definition) is 4. The topological polar surface area (TPSA) is 64.1 Å². The van der Waals surface area contributed by atoms with Crippen LogP contribution in [0.4, 0.5) is 0 Å². The average molecular weight is 386 g/mol. The summed E-state index contributed by atoms with van der Waals surface area (Å²) in [5.41, 5.74) is 1.84. The van der Waals surface area contributed by atoms with E-state index in [1.54, 1.807) is 21.3 Å². The second kappa shape index (κ2) is 9.88. The van der Waals surface area contributed by atoms with Crippen molar-refractivity contribution in [2.45, 2.75) is 39.5 Å². The molecule has 2 N–H and O–H groups in total. The summed E-state index contributed by atoms with van der Waals surface area (Å²) in [5.74, 6) is 3.10. The average Bonchev–Trinajstić information content (AvgIpc) is 2.68. The van der Waals surface area contributed by atoms with Crippen LogP contribution in [0.1, 0.15) is 31.9 Å². The van der Waals surface area contributed by atoms with Gasteiger partial charge in [-0.1, -0.05) is 18.2 Å². The first-order valence-electron chi connectivity index (χ1n) is 9.28. The van der Waals surface area contributed by atoms with Gasteiger partial charge in [0.2, 0.25) is 0 Å². The van der Waals surface area contributed by atoms with Gasteiger partial charge in [-0.25, -0.2) is 0 Å². The summed E-state index contributed by atoms with van der Waals surface area (Å²) >= 11 is 0. The molecule has 2 aromatic rings. The van der Waals surface area contributed by atoms with Gasteiger partial charge in [-0.2, -0.15) is 0 Å². The standard InChI is InChI=1S/C22H31N3O3/c1-22(2,3)28-19-10-8-7-9-16(19)14-24-21(23-4)25-15-17-11-12-18(26-5)13-20(17)27-6/h7-13H,14-15H2,1-6H3,(H2,23,24,25). The Morgan fingerprint density at radius 1 is 0.893 bits per heavy atom. The van der Waals surface area contributed by atoms with E-state index in [-0.39, 0.29) is 5.60 Å². The molecule has 0 saturated heterocycles. The van der Waals surface area contributed by atoms with E-state index in [2.05, 4.69) is 15.6 Å². The first kappa shape index (κ1) is 21.4. The maximum atomic E-state index is 6.05. The molecule has 0 saturated carbocycles. The molecular formula is C22H31N3O3. The quantitative estimate of drug-likeness (QED) is 0.561. The van der Waals surface area contributed by atoms with Gasteiger partial charge in [-0.15, -0.1) is 0 Å². The molecule has 0 atom stereocenters. The lowest BCUT2D eigenvalue weighted by atomic mass is 10.1. The van der Waals surface area contributed by atoms with Gasteiger partial charge in [0.1, 0.15) is 22.8 Å². The van der Waals surface area contributed by atoms with E-state index in [1.807, 2.05) is 63.2 Å². The Hall–Kier alpha value is -2.89. The van der Waals surface area contributed by atoms with Crippen molar-refractivity contribution >= 4 is 5.96 Å². The Labute approximate surface area is 167 Å². The van der Waals surface area contributed by atoms with Gasteiger partial charge in [0.25, 0.3) is 0 Å². The number of rotatable bonds is 7. The molecule has 0 heterocycles. The SMILES string of the molecule is CN=C(NCc1ccc(OC)cc1OC)NCc1ccccc1OC(C)(C)C. The van der Waals surface area contributed by atoms with Crippen molar-refractivity contribution in [2.75, 3.05) is 21.3 Å². The lowest BCUT2D eigenvalue weighted by Crippen LogP contribution is -2.36. The van der Waals surface area contributed by atoms with E-state index in [1.165, 1.54) is 0 Å². The summed E-state index contributed by atoms with van der Waals surface area (Å²) in [6, 6.07) is 13.8. The van der Waals surface area contributed by atoms with E-state index in [0.29, 0.717) is 19.0 Å². The zero-order valence-electron chi connectivity index (χ0n) is 17.6. The molecule has 6 heteroatoms. The minimum atomic E-state index is -0.249. The lowest BCUT2D eigenvalue weighted by Gasteiger charge is -2.23. The van der Waals surface area contributed by atoms with Crippen LogP contribution in [0.25, 0.3) is 0 Å². The summed E-state index contributed by atoms with van der Waals surface area (Å²) in [5, 5.41) is 6.65. The van der Waals surface area contributed by atoms with E-state index in [9.17, 15) is 0 Å². The molecule has 2 aromatic carbocycles. The minimum Gasteiger partial charge on any atom is -0.497 e. The molecule has 0 aliphatic heterocycles. The largest absolute Gasteiger partial charge is 0.497 e. The van der Waals surface area contributed by atoms with Crippen molar-refractivity contribution in [1.82, 2.24) is 10.6 Å². The van der Waals surface area contributed by atoms with Crippen molar-refractivity contribution in [2.24, 2.45) is 4.99 Å². The summed E-state index contributed by atoms with van der Waals surface area (Å²) in [6.45, 7) is 7.30. The summed E-state index contributed by atoms with van der Waals surface area (Å²) in [6.07, 6.45) is 0. The molecule has 0 unspecified atom stereocenters. The first-order valence-corrected chi connectivity index (χ1v) is 9.28. The highest BCUT2D eigenvalue weighted by Gasteiger charge is 2.14. The van der Waals surface area contributed by atoms with Gasteiger partial charge < -0.3 is 24.8 Å². The maximum Gasteiger partial charge on any atom is 0.191 e. The van der Waals surface area contributed by atoms with Crippen LogP contribution in [0.3, 0.4) is 0 Å². The van der Waals surface area contributed by atoms with E-state index >= 15 is 0 Å². The molecule has 0 aromatic heterocycles. The molecule has 28 heavy (non-hydrogen) atoms. The van der Waals surface area contributed by atoms with Gasteiger partial charge in [0, 0.05) is 37.3 Å². The van der Waals surface area contributed by atoms with Crippen molar-refractivity contribution in [3.8, 4) is 17.2 Å². The third-order valence-electron chi connectivity index (χ3n) is 4.00. The number of benzene rings is 2. The highest BCUT2D eigenvalue weighted by Crippen LogP contribution is 2.25. The fraction of sp³-hybridized carbons (Fsp3) is 0.409. The minimum absolute atomic E-state index is 0.249. The second-order valence-electron chi connectivity index (χ2n) is 7.28. The molecule has 0 aliphatic rings. The van der Waals surface area contributed by atoms with Crippen molar-refractivity contribution in [3.63, 3.8) is 0 Å². The molecule has 0 fully saturated rings. The number of guanidine groups is 1. The Bertz CT molecular complexity index is 798. The van der Waals surface area contributed by atoms with Crippen LogP contribution in [0, 0.1) is 0 Å². The van der Waals surface area contributed by atoms with Gasteiger partial charge >= 0.3 is 0 Å². The molecule has 0 radical (unpaired) electrons. The zero-order valence-corrected chi connectivity index (χ0v) is 17.6. The Morgan fingerprint density at radius 3 is 2.11 bits per heavy atom. The van der Waals surface area contributed by atoms with Crippen molar-refractivity contribution in [1.29, 1.82) is 0 Å². The van der Waals surface area contributed by atoms with Crippen LogP contribution in [0.5, 0.6) is 17.2 Å². The predicted molar refractivity (Wildman–Crippen MR) is 113 cm³/mol. The Balaban J connectivity index is 2.00. The predicted octanol–water partition coefficient (Wildman–Crippen LogP) is 3.75. The summed E-state index contributed by atoms with van der Waals surface area (Å²) in [7, 11) is 5.04. The van der Waals surface area contributed by atoms with E-state index in [0.717, 1.165) is 28.4 Å². The van der Waals surface area contributed by atoms with Gasteiger partial charge in [-0.3, -0.25) is 4.99 Å². The number of nitrogens with zero attached hydrogens (tertiary/aromatic N) is 1. The maximum absolute atomic E-state index is 6.05. The van der Waals surface area contributed by atoms with E-state index < -0.39 is 0 Å². The molecular weight excluding hydrogens is 354 g/mol. The monoisotopic (exact) mass is 385 g/mol. The van der Waals surface area contributed by atoms with Crippen molar-refractivity contribution < 1.29 is 14.2 Å². The fourth-order valence-corrected chi connectivity index (χ4v) is 2.66. The smallest absolute Gasteiger partial charge is 0.191 e. The summed E-state index contributed by atoms with van der Waals surface area (Å²) < 4.78 is 16.7. The van der Waals surface area contributed by atoms with Crippen LogP contribution in [0.15, 0.2) is 47.5 Å². The fourth-order valence-electron chi connectivity index (χ4n) is 2.66. The first-order chi connectivity index (χ1) is 13.4. The van der Waals surface area contributed by atoms with Crippen LogP contribution in [0.2, 0.25) is 0 Å². The number of ether oxygens (including phenoxy) is 3. The van der Waals surface area contributed by atoms with Gasteiger partial charge in [0.15, 0.2) is 5.96 Å². The Kier molecular flexibility index (Phi) is 7.55. The summed E-state index contributed by atoms with van der Waals surface area (Å²) in [4.78, 5) is 4.30. The second-order valence-corrected chi connectivity index (χ2v) is 7.28. The Morgan fingerprint density at radius 2 is 1.54 bits per heavy atom. The van der Waals surface area contributed by atoms with Crippen LogP contribution in [-0.4, -0.2) is 32.8 Å². The third kappa shape index (κ3) is 6.37. The number of para-hydroxylation sites is 1. The van der Waals surface area contributed by atoms with Crippen LogP contribution < -0.4 is 24.8 Å². The van der Waals surface area contributed by atoms with Crippen molar-refractivity contribution in [3.05, 3.63) is 53.6 Å². The van der Waals surface area contributed by atoms with E-state index in [4.69, 9.17) is 14.2 Å². The number of nitrogens with one attached hydrogen (secondary N) is 2. The molecule has 0 aliphatic carbocycles. The lowest BCUT2D eigenvalue weighted by molar-refractivity contribution is 0.129. The number of methoxy groups -OCH3 is 2. The molecule has 152 valence electrons. The molecule has 6 nitrogen and oxygen atoms in total.